The van der Waals surface area contributed by atoms with Crippen LogP contribution in [0.2, 0.25) is 0 Å². The summed E-state index contributed by atoms with van der Waals surface area (Å²) in [5, 5.41) is 0. The lowest BCUT2D eigenvalue weighted by Crippen LogP contribution is -2.44. The third-order valence-corrected chi connectivity index (χ3v) is 4.14. The first-order valence-electron chi connectivity index (χ1n) is 7.68. The molecule has 2 rings (SSSR count). The van der Waals surface area contributed by atoms with Gasteiger partial charge in [-0.3, -0.25) is 4.90 Å². The fourth-order valence-corrected chi connectivity index (χ4v) is 2.92. The molecule has 2 atom stereocenters. The van der Waals surface area contributed by atoms with E-state index in [-0.39, 0.29) is 12.1 Å². The summed E-state index contributed by atoms with van der Waals surface area (Å²) in [6.45, 7) is 7.75. The molecule has 0 radical (unpaired) electrons. The minimum atomic E-state index is 0.0763. The quantitative estimate of drug-likeness (QED) is 0.831. The first-order chi connectivity index (χ1) is 9.54. The van der Waals surface area contributed by atoms with Crippen LogP contribution in [0.1, 0.15) is 45.2 Å². The molecular weight excluding hydrogens is 248 g/mol. The standard InChI is InChI=1S/C17H28N2O/c1-12(2)19(11-14-9-10-14)17(13(3)18)15-7-5-6-8-16(15)20-4/h5-8,12-14,17H,9-11,18H2,1-4H3. The maximum absolute atomic E-state index is 6.33. The van der Waals surface area contributed by atoms with Crippen LogP contribution in [-0.2, 0) is 0 Å². The van der Waals surface area contributed by atoms with Gasteiger partial charge in [0.15, 0.2) is 0 Å². The number of methoxy groups -OCH3 is 1. The van der Waals surface area contributed by atoms with E-state index < -0.39 is 0 Å². The van der Waals surface area contributed by atoms with E-state index in [0.29, 0.717) is 6.04 Å². The number of benzene rings is 1. The zero-order valence-corrected chi connectivity index (χ0v) is 13.2. The first-order valence-corrected chi connectivity index (χ1v) is 7.68. The summed E-state index contributed by atoms with van der Waals surface area (Å²) in [6, 6.07) is 9.04. The molecular formula is C17H28N2O. The molecule has 3 heteroatoms. The predicted molar refractivity (Wildman–Crippen MR) is 84.0 cm³/mol. The summed E-state index contributed by atoms with van der Waals surface area (Å²) in [5.74, 6) is 1.80. The molecule has 1 aliphatic rings. The van der Waals surface area contributed by atoms with Gasteiger partial charge < -0.3 is 10.5 Å². The number of hydrogen-bond donors (Lipinski definition) is 1. The summed E-state index contributed by atoms with van der Waals surface area (Å²) >= 11 is 0. The second-order valence-corrected chi connectivity index (χ2v) is 6.28. The monoisotopic (exact) mass is 276 g/mol. The minimum absolute atomic E-state index is 0.0763. The maximum Gasteiger partial charge on any atom is 0.123 e. The van der Waals surface area contributed by atoms with Gasteiger partial charge in [-0.2, -0.15) is 0 Å². The van der Waals surface area contributed by atoms with Crippen LogP contribution >= 0.6 is 0 Å². The molecule has 1 aromatic rings. The predicted octanol–water partition coefficient (Wildman–Crippen LogP) is 3.20. The average molecular weight is 276 g/mol. The van der Waals surface area contributed by atoms with Crippen LogP contribution in [0.3, 0.4) is 0 Å². The number of nitrogens with zero attached hydrogens (tertiary/aromatic N) is 1. The number of rotatable bonds is 7. The second-order valence-electron chi connectivity index (χ2n) is 6.28. The van der Waals surface area contributed by atoms with Crippen molar-refractivity contribution in [3.05, 3.63) is 29.8 Å². The number of nitrogens with two attached hydrogens (primary N) is 1. The topological polar surface area (TPSA) is 38.5 Å². The van der Waals surface area contributed by atoms with Crippen molar-refractivity contribution < 1.29 is 4.74 Å². The lowest BCUT2D eigenvalue weighted by molar-refractivity contribution is 0.127. The average Bonchev–Trinajstić information content (AvgIpc) is 3.22. The molecule has 0 aliphatic heterocycles. The Morgan fingerprint density at radius 1 is 1.25 bits per heavy atom. The summed E-state index contributed by atoms with van der Waals surface area (Å²) in [4.78, 5) is 2.54. The van der Waals surface area contributed by atoms with Crippen molar-refractivity contribution in [1.82, 2.24) is 4.90 Å². The zero-order valence-electron chi connectivity index (χ0n) is 13.2. The smallest absolute Gasteiger partial charge is 0.123 e. The Morgan fingerprint density at radius 2 is 1.90 bits per heavy atom. The Balaban J connectivity index is 2.32. The van der Waals surface area contributed by atoms with Crippen LogP contribution in [0, 0.1) is 5.92 Å². The van der Waals surface area contributed by atoms with Gasteiger partial charge in [0.2, 0.25) is 0 Å². The van der Waals surface area contributed by atoms with Crippen LogP contribution in [0.15, 0.2) is 24.3 Å². The Bertz CT molecular complexity index is 427. The van der Waals surface area contributed by atoms with Gasteiger partial charge in [-0.1, -0.05) is 18.2 Å². The lowest BCUT2D eigenvalue weighted by Gasteiger charge is -2.38. The molecule has 1 aliphatic carbocycles. The van der Waals surface area contributed by atoms with Gasteiger partial charge in [0.05, 0.1) is 13.2 Å². The molecule has 1 saturated carbocycles. The van der Waals surface area contributed by atoms with Crippen molar-refractivity contribution in [2.75, 3.05) is 13.7 Å². The molecule has 0 bridgehead atoms. The van der Waals surface area contributed by atoms with Crippen molar-refractivity contribution in [2.24, 2.45) is 11.7 Å². The highest BCUT2D eigenvalue weighted by Gasteiger charge is 2.33. The zero-order chi connectivity index (χ0) is 14.7. The van der Waals surface area contributed by atoms with E-state index in [9.17, 15) is 0 Å². The molecule has 1 aromatic carbocycles. The van der Waals surface area contributed by atoms with Crippen molar-refractivity contribution in [3.63, 3.8) is 0 Å². The minimum Gasteiger partial charge on any atom is -0.496 e. The molecule has 0 aromatic heterocycles. The highest BCUT2D eigenvalue weighted by atomic mass is 16.5. The Kier molecular flexibility index (Phi) is 5.06. The summed E-state index contributed by atoms with van der Waals surface area (Å²) in [7, 11) is 1.73. The van der Waals surface area contributed by atoms with Gasteiger partial charge in [-0.15, -0.1) is 0 Å². The van der Waals surface area contributed by atoms with E-state index in [1.54, 1.807) is 7.11 Å². The summed E-state index contributed by atoms with van der Waals surface area (Å²) < 4.78 is 5.54. The van der Waals surface area contributed by atoms with E-state index in [0.717, 1.165) is 18.2 Å². The Labute approximate surface area is 123 Å². The number of hydrogen-bond acceptors (Lipinski definition) is 3. The van der Waals surface area contributed by atoms with Crippen LogP contribution in [0.5, 0.6) is 5.75 Å². The van der Waals surface area contributed by atoms with Crippen LogP contribution in [0.4, 0.5) is 0 Å². The molecule has 20 heavy (non-hydrogen) atoms. The van der Waals surface area contributed by atoms with E-state index in [4.69, 9.17) is 10.5 Å². The molecule has 0 amide bonds. The lowest BCUT2D eigenvalue weighted by atomic mass is 9.96. The fourth-order valence-electron chi connectivity index (χ4n) is 2.92. The van der Waals surface area contributed by atoms with E-state index in [2.05, 4.69) is 37.8 Å². The Morgan fingerprint density at radius 3 is 2.40 bits per heavy atom. The van der Waals surface area contributed by atoms with Gasteiger partial charge in [0.25, 0.3) is 0 Å². The largest absolute Gasteiger partial charge is 0.496 e. The normalized spacial score (nSPS) is 18.4. The van der Waals surface area contributed by atoms with Crippen molar-refractivity contribution in [2.45, 2.75) is 51.7 Å². The summed E-state index contributed by atoms with van der Waals surface area (Å²) in [5.41, 5.74) is 7.54. The molecule has 112 valence electrons. The molecule has 0 spiro atoms. The van der Waals surface area contributed by atoms with Gasteiger partial charge in [0.1, 0.15) is 5.75 Å². The van der Waals surface area contributed by atoms with Crippen molar-refractivity contribution in [3.8, 4) is 5.75 Å². The second kappa shape index (κ2) is 6.59. The molecule has 2 unspecified atom stereocenters. The van der Waals surface area contributed by atoms with Crippen molar-refractivity contribution >= 4 is 0 Å². The van der Waals surface area contributed by atoms with Crippen LogP contribution in [0.25, 0.3) is 0 Å². The van der Waals surface area contributed by atoms with Gasteiger partial charge >= 0.3 is 0 Å². The molecule has 0 heterocycles. The van der Waals surface area contributed by atoms with Gasteiger partial charge in [0, 0.05) is 24.2 Å². The molecule has 1 fully saturated rings. The summed E-state index contributed by atoms with van der Waals surface area (Å²) in [6.07, 6.45) is 2.72. The van der Waals surface area contributed by atoms with Gasteiger partial charge in [-0.05, 0) is 45.6 Å². The fraction of sp³-hybridized carbons (Fsp3) is 0.647. The number of para-hydroxylation sites is 1. The Hall–Kier alpha value is -1.06. The van der Waals surface area contributed by atoms with E-state index >= 15 is 0 Å². The third kappa shape index (κ3) is 3.53. The van der Waals surface area contributed by atoms with Crippen LogP contribution < -0.4 is 10.5 Å². The van der Waals surface area contributed by atoms with Gasteiger partial charge in [-0.25, -0.2) is 0 Å². The third-order valence-electron chi connectivity index (χ3n) is 4.14. The van der Waals surface area contributed by atoms with E-state index in [1.807, 2.05) is 12.1 Å². The molecule has 2 N–H and O–H groups in total. The van der Waals surface area contributed by atoms with Crippen molar-refractivity contribution in [1.29, 1.82) is 0 Å². The maximum atomic E-state index is 6.33. The van der Waals surface area contributed by atoms with E-state index in [1.165, 1.54) is 18.4 Å². The highest BCUT2D eigenvalue weighted by Crippen LogP contribution is 2.37. The first kappa shape index (κ1) is 15.3. The van der Waals surface area contributed by atoms with Crippen LogP contribution in [-0.4, -0.2) is 30.6 Å². The highest BCUT2D eigenvalue weighted by molar-refractivity contribution is 5.36. The molecule has 3 nitrogen and oxygen atoms in total. The molecule has 0 saturated heterocycles. The SMILES string of the molecule is COc1ccccc1C(C(C)N)N(CC1CC1)C(C)C. The number of ether oxygens (including phenoxy) is 1.